The van der Waals surface area contributed by atoms with Gasteiger partial charge in [0.1, 0.15) is 0 Å². The zero-order chi connectivity index (χ0) is 24.4. The molecule has 0 spiro atoms. The van der Waals surface area contributed by atoms with Crippen LogP contribution >= 0.6 is 0 Å². The maximum Gasteiger partial charge on any atom is 0.248 e. The topological polar surface area (TPSA) is 121 Å². The van der Waals surface area contributed by atoms with E-state index in [1.807, 2.05) is 13.0 Å². The highest BCUT2D eigenvalue weighted by Crippen LogP contribution is 2.42. The summed E-state index contributed by atoms with van der Waals surface area (Å²) in [6.45, 7) is 4.82. The van der Waals surface area contributed by atoms with Gasteiger partial charge in [-0.2, -0.15) is 15.0 Å². The normalized spacial score (nSPS) is 25.8. The number of nitrogens with zero attached hydrogens (tertiary/aromatic N) is 4. The number of carbonyl (C=O) groups excluding carboxylic acids is 1. The molecular formula is C26H38N8O. The number of primary amides is 1. The molecule has 5 rings (SSSR count). The highest BCUT2D eigenvalue weighted by atomic mass is 16.1. The summed E-state index contributed by atoms with van der Waals surface area (Å²) in [4.78, 5) is 28.1. The number of carbonyl (C=O) groups is 1. The summed E-state index contributed by atoms with van der Waals surface area (Å²) in [6, 6.07) is 5.65. The average Bonchev–Trinajstić information content (AvgIpc) is 3.33. The van der Waals surface area contributed by atoms with E-state index >= 15 is 0 Å². The first-order valence-electron chi connectivity index (χ1n) is 13.0. The summed E-state index contributed by atoms with van der Waals surface area (Å²) in [5.74, 6) is 3.70. The Labute approximate surface area is 207 Å². The molecule has 3 fully saturated rings. The van der Waals surface area contributed by atoms with Gasteiger partial charge in [0.2, 0.25) is 23.8 Å². The first-order valence-corrected chi connectivity index (χ1v) is 13.0. The Morgan fingerprint density at radius 3 is 2.60 bits per heavy atom. The molecule has 2 heterocycles. The van der Waals surface area contributed by atoms with E-state index in [0.29, 0.717) is 35.4 Å². The number of amides is 1. The molecule has 9 heteroatoms. The predicted octanol–water partition coefficient (Wildman–Crippen LogP) is 3.45. The lowest BCUT2D eigenvalue weighted by Crippen LogP contribution is -2.35. The number of hydrogen-bond acceptors (Lipinski definition) is 8. The fourth-order valence-corrected chi connectivity index (χ4v) is 6.13. The molecule has 2 saturated carbocycles. The lowest BCUT2D eigenvalue weighted by atomic mass is 9.68. The molecule has 1 aliphatic heterocycles. The van der Waals surface area contributed by atoms with Crippen molar-refractivity contribution in [2.24, 2.45) is 23.5 Å². The molecular weight excluding hydrogens is 440 g/mol. The molecule has 35 heavy (non-hydrogen) atoms. The van der Waals surface area contributed by atoms with Gasteiger partial charge in [-0.25, -0.2) is 0 Å². The van der Waals surface area contributed by atoms with Crippen LogP contribution in [0.3, 0.4) is 0 Å². The van der Waals surface area contributed by atoms with Crippen LogP contribution in [0.4, 0.5) is 23.5 Å². The number of benzene rings is 1. The zero-order valence-electron chi connectivity index (χ0n) is 20.9. The second-order valence-electron chi connectivity index (χ2n) is 10.8. The monoisotopic (exact) mass is 478 g/mol. The van der Waals surface area contributed by atoms with Crippen molar-refractivity contribution in [1.82, 2.24) is 20.3 Å². The van der Waals surface area contributed by atoms with E-state index in [9.17, 15) is 4.79 Å². The Morgan fingerprint density at radius 2 is 1.89 bits per heavy atom. The molecule has 3 aliphatic rings. The van der Waals surface area contributed by atoms with Gasteiger partial charge in [0.25, 0.3) is 0 Å². The van der Waals surface area contributed by atoms with E-state index < -0.39 is 5.91 Å². The Bertz CT molecular complexity index is 1040. The van der Waals surface area contributed by atoms with Crippen molar-refractivity contribution in [3.8, 4) is 0 Å². The van der Waals surface area contributed by atoms with Crippen LogP contribution in [-0.2, 0) is 0 Å². The summed E-state index contributed by atoms with van der Waals surface area (Å²) < 4.78 is 0. The molecule has 0 radical (unpaired) electrons. The molecule has 3 atom stereocenters. The van der Waals surface area contributed by atoms with Crippen molar-refractivity contribution in [3.05, 3.63) is 29.3 Å². The molecule has 2 unspecified atom stereocenters. The quantitative estimate of drug-likeness (QED) is 0.455. The summed E-state index contributed by atoms with van der Waals surface area (Å²) in [7, 11) is 2.09. The van der Waals surface area contributed by atoms with E-state index in [4.69, 9.17) is 15.7 Å². The molecule has 5 N–H and O–H groups in total. The fraction of sp³-hybridized carbons (Fsp3) is 0.615. The van der Waals surface area contributed by atoms with E-state index in [1.54, 1.807) is 12.1 Å². The van der Waals surface area contributed by atoms with Crippen LogP contribution in [0.5, 0.6) is 0 Å². The average molecular weight is 479 g/mol. The van der Waals surface area contributed by atoms with Gasteiger partial charge in [-0.3, -0.25) is 4.79 Å². The van der Waals surface area contributed by atoms with Crippen LogP contribution in [-0.4, -0.2) is 53.6 Å². The van der Waals surface area contributed by atoms with Gasteiger partial charge < -0.3 is 26.6 Å². The van der Waals surface area contributed by atoms with Gasteiger partial charge in [-0.05, 0) is 74.6 Å². The second kappa shape index (κ2) is 10.4. The standard InChI is InChI=1S/C26H38N8O/c1-16-6-7-20(23(27)35)13-22(16)30-25-31-24(29-21-8-9-28-14-21)32-26(33-25)34(2)15-19-11-17-4-3-5-18(10-17)12-19/h6-7,13,17-19,21,28H,3-5,8-12,14-15H2,1-2H3,(H2,27,35)(H2,29,30,31,32,33)/t17?,18?,19?,21-/m0/s1. The van der Waals surface area contributed by atoms with Crippen molar-refractivity contribution in [3.63, 3.8) is 0 Å². The van der Waals surface area contributed by atoms with Crippen molar-refractivity contribution in [1.29, 1.82) is 0 Å². The Kier molecular flexibility index (Phi) is 7.04. The minimum atomic E-state index is -0.461. The van der Waals surface area contributed by atoms with Crippen LogP contribution in [0.25, 0.3) is 0 Å². The molecule has 188 valence electrons. The van der Waals surface area contributed by atoms with E-state index in [0.717, 1.165) is 49.1 Å². The minimum Gasteiger partial charge on any atom is -0.366 e. The van der Waals surface area contributed by atoms with Crippen LogP contribution in [0.15, 0.2) is 18.2 Å². The van der Waals surface area contributed by atoms with E-state index in [2.05, 4.69) is 32.9 Å². The van der Waals surface area contributed by atoms with E-state index in [-0.39, 0.29) is 0 Å². The number of anilines is 4. The lowest BCUT2D eigenvalue weighted by Gasteiger charge is -2.40. The lowest BCUT2D eigenvalue weighted by molar-refractivity contribution is 0.100. The number of aryl methyl sites for hydroxylation is 1. The molecule has 1 aromatic heterocycles. The second-order valence-corrected chi connectivity index (χ2v) is 10.8. The van der Waals surface area contributed by atoms with Crippen LogP contribution in [0.1, 0.15) is 60.9 Å². The van der Waals surface area contributed by atoms with Gasteiger partial charge in [0.05, 0.1) is 0 Å². The maximum absolute atomic E-state index is 11.7. The van der Waals surface area contributed by atoms with Crippen LogP contribution in [0, 0.1) is 24.7 Å². The molecule has 1 saturated heterocycles. The van der Waals surface area contributed by atoms with Gasteiger partial charge >= 0.3 is 0 Å². The number of rotatable bonds is 8. The number of hydrogen-bond donors (Lipinski definition) is 4. The molecule has 9 nitrogen and oxygen atoms in total. The molecule has 1 amide bonds. The third-order valence-corrected chi connectivity index (χ3v) is 7.88. The first kappa shape index (κ1) is 23.8. The van der Waals surface area contributed by atoms with Crippen molar-refractivity contribution >= 4 is 29.4 Å². The third kappa shape index (κ3) is 5.83. The largest absolute Gasteiger partial charge is 0.366 e. The third-order valence-electron chi connectivity index (χ3n) is 7.88. The fourth-order valence-electron chi connectivity index (χ4n) is 6.13. The summed E-state index contributed by atoms with van der Waals surface area (Å²) in [5, 5.41) is 10.2. The van der Waals surface area contributed by atoms with Crippen molar-refractivity contribution in [2.45, 2.75) is 57.9 Å². The van der Waals surface area contributed by atoms with Gasteiger partial charge in [0.15, 0.2) is 0 Å². The minimum absolute atomic E-state index is 0.293. The molecule has 2 aliphatic carbocycles. The Morgan fingerprint density at radius 1 is 1.11 bits per heavy atom. The SMILES string of the molecule is Cc1ccc(C(N)=O)cc1Nc1nc(N[C@H]2CCNC2)nc(N(C)CC2CC3CCCC(C3)C2)n1. The molecule has 2 aromatic rings. The highest BCUT2D eigenvalue weighted by molar-refractivity contribution is 5.94. The van der Waals surface area contributed by atoms with Crippen LogP contribution in [0.2, 0.25) is 0 Å². The van der Waals surface area contributed by atoms with Crippen LogP contribution < -0.4 is 26.6 Å². The number of aromatic nitrogens is 3. The Hall–Kier alpha value is -2.94. The number of fused-ring (bicyclic) bond motifs is 2. The van der Waals surface area contributed by atoms with Crippen molar-refractivity contribution < 1.29 is 4.79 Å². The van der Waals surface area contributed by atoms with Gasteiger partial charge in [-0.15, -0.1) is 0 Å². The molecule has 1 aromatic carbocycles. The maximum atomic E-state index is 11.7. The van der Waals surface area contributed by atoms with Gasteiger partial charge in [0, 0.05) is 37.4 Å². The van der Waals surface area contributed by atoms with Crippen molar-refractivity contribution in [2.75, 3.05) is 42.2 Å². The van der Waals surface area contributed by atoms with E-state index in [1.165, 1.54) is 38.5 Å². The predicted molar refractivity (Wildman–Crippen MR) is 139 cm³/mol. The first-order chi connectivity index (χ1) is 16.9. The summed E-state index contributed by atoms with van der Waals surface area (Å²) in [6.07, 6.45) is 9.27. The summed E-state index contributed by atoms with van der Waals surface area (Å²) >= 11 is 0. The highest BCUT2D eigenvalue weighted by Gasteiger charge is 2.32. The zero-order valence-corrected chi connectivity index (χ0v) is 20.9. The molecule has 2 bridgehead atoms. The van der Waals surface area contributed by atoms with Gasteiger partial charge in [-0.1, -0.05) is 25.3 Å². The smallest absolute Gasteiger partial charge is 0.248 e. The Balaban J connectivity index is 1.38. The summed E-state index contributed by atoms with van der Waals surface area (Å²) in [5.41, 5.74) is 7.68. The number of nitrogens with two attached hydrogens (primary N) is 1. The number of nitrogens with one attached hydrogen (secondary N) is 3.